The number of piperidine rings is 3. The highest BCUT2D eigenvalue weighted by Crippen LogP contribution is 2.53. The quantitative estimate of drug-likeness (QED) is 0.367. The molecule has 2 aromatic rings. The first-order valence-electron chi connectivity index (χ1n) is 15.1. The van der Waals surface area contributed by atoms with Crippen LogP contribution in [0.1, 0.15) is 75.8 Å². The molecule has 4 aliphatic rings. The number of carbonyl (C=O) groups excluding carboxylic acids is 1. The Morgan fingerprint density at radius 2 is 1.57 bits per heavy atom. The minimum atomic E-state index is -4.17. The maximum atomic E-state index is 15.1. The Hall–Kier alpha value is -2.27. The van der Waals surface area contributed by atoms with Crippen LogP contribution in [0.4, 0.5) is 13.6 Å². The monoisotopic (exact) mass is 621 g/mol. The highest BCUT2D eigenvalue weighted by atomic mass is 35.5. The lowest BCUT2D eigenvalue weighted by molar-refractivity contribution is -0.0147. The third-order valence-corrected chi connectivity index (χ3v) is 11.7. The van der Waals surface area contributed by atoms with Crippen LogP contribution >= 0.6 is 11.6 Å². The molecule has 0 N–H and O–H groups in total. The second-order valence-electron chi connectivity index (χ2n) is 12.2. The number of carbonyl (C=O) groups is 1. The van der Waals surface area contributed by atoms with Crippen LogP contribution in [-0.2, 0) is 14.8 Å². The first-order chi connectivity index (χ1) is 20.2. The van der Waals surface area contributed by atoms with Gasteiger partial charge in [-0.1, -0.05) is 24.1 Å². The molecule has 6 rings (SSSR count). The summed E-state index contributed by atoms with van der Waals surface area (Å²) in [5.74, 6) is -1.53. The summed E-state index contributed by atoms with van der Waals surface area (Å²) >= 11 is 6.04. The van der Waals surface area contributed by atoms with E-state index in [0.717, 1.165) is 38.1 Å². The van der Waals surface area contributed by atoms with Crippen molar-refractivity contribution >= 4 is 27.7 Å². The average molecular weight is 622 g/mol. The molecule has 3 aliphatic heterocycles. The largest absolute Gasteiger partial charge is 0.441 e. The number of sulfonamides is 1. The normalized spacial score (nSPS) is 25.7. The van der Waals surface area contributed by atoms with E-state index >= 15 is 4.39 Å². The molecule has 0 aromatic heterocycles. The van der Waals surface area contributed by atoms with E-state index < -0.39 is 45.4 Å². The molecule has 2 atom stereocenters. The van der Waals surface area contributed by atoms with E-state index in [9.17, 15) is 17.6 Å². The van der Waals surface area contributed by atoms with Gasteiger partial charge >= 0.3 is 6.09 Å². The molecule has 7 nitrogen and oxygen atoms in total. The molecule has 1 amide bonds. The number of amides is 1. The fourth-order valence-electron chi connectivity index (χ4n) is 7.16. The molecular weight excluding hydrogens is 584 g/mol. The van der Waals surface area contributed by atoms with Crippen molar-refractivity contribution in [2.75, 3.05) is 26.2 Å². The van der Waals surface area contributed by atoms with Gasteiger partial charge in [0.2, 0.25) is 10.0 Å². The summed E-state index contributed by atoms with van der Waals surface area (Å²) in [4.78, 5) is 17.8. The van der Waals surface area contributed by atoms with Crippen LogP contribution < -0.4 is 0 Å². The lowest BCUT2D eigenvalue weighted by atomic mass is 9.89. The number of benzene rings is 2. The van der Waals surface area contributed by atoms with Gasteiger partial charge in [-0.05, 0) is 101 Å². The van der Waals surface area contributed by atoms with Crippen molar-refractivity contribution in [3.63, 3.8) is 0 Å². The van der Waals surface area contributed by atoms with Gasteiger partial charge in [-0.2, -0.15) is 4.31 Å². The highest BCUT2D eigenvalue weighted by Gasteiger charge is 2.60. The van der Waals surface area contributed by atoms with Gasteiger partial charge in [0.15, 0.2) is 0 Å². The highest BCUT2D eigenvalue weighted by molar-refractivity contribution is 7.89. The smallest absolute Gasteiger partial charge is 0.410 e. The molecule has 0 radical (unpaired) electrons. The molecule has 3 saturated heterocycles. The fraction of sp³-hybridized carbons (Fsp3) is 0.581. The Kier molecular flexibility index (Phi) is 8.52. The Labute approximate surface area is 251 Å². The van der Waals surface area contributed by atoms with Gasteiger partial charge in [0.1, 0.15) is 17.2 Å². The molecule has 2 unspecified atom stereocenters. The number of rotatable bonds is 6. The SMILES string of the molecule is O=C(OC1(C2CCCC(c3ccc(F)cc3F)N2S(=O)(=O)c2ccc(Cl)cc2)CC1)N1CCC(N2CCCCC2)CC1. The van der Waals surface area contributed by atoms with Crippen LogP contribution in [-0.4, -0.2) is 72.5 Å². The molecule has 228 valence electrons. The zero-order valence-electron chi connectivity index (χ0n) is 23.7. The number of nitrogens with zero attached hydrogens (tertiary/aromatic N) is 3. The predicted molar refractivity (Wildman–Crippen MR) is 156 cm³/mol. The minimum Gasteiger partial charge on any atom is -0.441 e. The van der Waals surface area contributed by atoms with E-state index in [2.05, 4.69) is 4.90 Å². The first-order valence-corrected chi connectivity index (χ1v) is 17.0. The van der Waals surface area contributed by atoms with Gasteiger partial charge in [-0.3, -0.25) is 0 Å². The first kappa shape index (κ1) is 29.8. The Morgan fingerprint density at radius 3 is 2.21 bits per heavy atom. The van der Waals surface area contributed by atoms with E-state index in [1.807, 2.05) is 0 Å². The van der Waals surface area contributed by atoms with Crippen molar-refractivity contribution in [1.29, 1.82) is 0 Å². The minimum absolute atomic E-state index is 0.0215. The van der Waals surface area contributed by atoms with E-state index in [1.54, 1.807) is 4.90 Å². The third-order valence-electron chi connectivity index (χ3n) is 9.55. The lowest BCUT2D eigenvalue weighted by Gasteiger charge is -2.45. The summed E-state index contributed by atoms with van der Waals surface area (Å²) in [7, 11) is -4.17. The molecule has 1 saturated carbocycles. The van der Waals surface area contributed by atoms with Crippen LogP contribution in [0.5, 0.6) is 0 Å². The molecule has 0 bridgehead atoms. The summed E-state index contributed by atoms with van der Waals surface area (Å²) in [6.07, 6.45) is 7.61. The predicted octanol–water partition coefficient (Wildman–Crippen LogP) is 6.52. The molecule has 0 spiro atoms. The Balaban J connectivity index is 1.25. The molecule has 11 heteroatoms. The van der Waals surface area contributed by atoms with E-state index in [0.29, 0.717) is 56.3 Å². The van der Waals surface area contributed by atoms with Crippen LogP contribution in [0, 0.1) is 11.6 Å². The second-order valence-corrected chi connectivity index (χ2v) is 14.4. The van der Waals surface area contributed by atoms with Crippen molar-refractivity contribution in [2.24, 2.45) is 0 Å². The van der Waals surface area contributed by atoms with Gasteiger partial charge in [0.25, 0.3) is 0 Å². The molecule has 42 heavy (non-hydrogen) atoms. The zero-order chi connectivity index (χ0) is 29.5. The number of likely N-dealkylation sites (tertiary alicyclic amines) is 2. The second kappa shape index (κ2) is 12.0. The van der Waals surface area contributed by atoms with Crippen molar-refractivity contribution in [3.05, 3.63) is 64.7 Å². The van der Waals surface area contributed by atoms with Crippen molar-refractivity contribution in [1.82, 2.24) is 14.1 Å². The molecule has 1 aliphatic carbocycles. The van der Waals surface area contributed by atoms with E-state index in [4.69, 9.17) is 16.3 Å². The van der Waals surface area contributed by atoms with Crippen LogP contribution in [0.25, 0.3) is 0 Å². The molecule has 4 fully saturated rings. The molecule has 2 aromatic carbocycles. The van der Waals surface area contributed by atoms with E-state index in [-0.39, 0.29) is 10.5 Å². The summed E-state index contributed by atoms with van der Waals surface area (Å²) in [6.45, 7) is 3.45. The van der Waals surface area contributed by atoms with Gasteiger partial charge in [-0.25, -0.2) is 22.0 Å². The maximum absolute atomic E-state index is 15.1. The van der Waals surface area contributed by atoms with Gasteiger partial charge in [0, 0.05) is 35.8 Å². The average Bonchev–Trinajstić information content (AvgIpc) is 3.78. The zero-order valence-corrected chi connectivity index (χ0v) is 25.3. The van der Waals surface area contributed by atoms with Crippen molar-refractivity contribution in [3.8, 4) is 0 Å². The van der Waals surface area contributed by atoms with E-state index in [1.165, 1.54) is 53.9 Å². The number of hydrogen-bond acceptors (Lipinski definition) is 5. The number of hydrogen-bond donors (Lipinski definition) is 0. The standard InChI is InChI=1S/C31H38ClF2N3O4S/c32-22-7-10-25(11-8-22)42(39,40)37-28(26-12-9-23(33)21-27(26)34)5-4-6-29(37)31(15-16-31)41-30(38)36-19-13-24(14-20-36)35-17-2-1-3-18-35/h7-12,21,24,28-29H,1-6,13-20H2. The van der Waals surface area contributed by atoms with Gasteiger partial charge in [0.05, 0.1) is 17.0 Å². The summed E-state index contributed by atoms with van der Waals surface area (Å²) in [5, 5.41) is 0.391. The van der Waals surface area contributed by atoms with Crippen molar-refractivity contribution < 1.29 is 26.7 Å². The summed E-state index contributed by atoms with van der Waals surface area (Å²) < 4.78 is 65.0. The van der Waals surface area contributed by atoms with Crippen LogP contribution in [0.3, 0.4) is 0 Å². The van der Waals surface area contributed by atoms with Gasteiger partial charge in [-0.15, -0.1) is 0 Å². The fourth-order valence-corrected chi connectivity index (χ4v) is 9.20. The molecule has 3 heterocycles. The van der Waals surface area contributed by atoms with Crippen LogP contribution in [0.2, 0.25) is 5.02 Å². The Bertz CT molecular complexity index is 1390. The number of halogens is 3. The third kappa shape index (κ3) is 5.92. The van der Waals surface area contributed by atoms with Gasteiger partial charge < -0.3 is 14.5 Å². The summed E-state index contributed by atoms with van der Waals surface area (Å²) in [5.41, 5.74) is -0.879. The Morgan fingerprint density at radius 1 is 0.881 bits per heavy atom. The molecular formula is C31H38ClF2N3O4S. The lowest BCUT2D eigenvalue weighted by Crippen LogP contribution is -2.55. The topological polar surface area (TPSA) is 70.2 Å². The van der Waals surface area contributed by atoms with Crippen molar-refractivity contribution in [2.45, 2.75) is 92.8 Å². The number of ether oxygens (including phenoxy) is 1. The summed E-state index contributed by atoms with van der Waals surface area (Å²) in [6, 6.07) is 8.04. The van der Waals surface area contributed by atoms with Crippen LogP contribution in [0.15, 0.2) is 47.4 Å². The maximum Gasteiger partial charge on any atom is 0.410 e.